The summed E-state index contributed by atoms with van der Waals surface area (Å²) in [4.78, 5) is 0. The molecule has 2 fully saturated rings. The lowest BCUT2D eigenvalue weighted by molar-refractivity contribution is 0.301. The van der Waals surface area contributed by atoms with Gasteiger partial charge in [0.25, 0.3) is 0 Å². The molecular weight excluding hydrogens is 453 g/mol. The van der Waals surface area contributed by atoms with Gasteiger partial charge in [0.05, 0.1) is 0 Å². The first-order valence-corrected chi connectivity index (χ1v) is 14.7. The zero-order chi connectivity index (χ0) is 25.5. The molecule has 0 atom stereocenters. The van der Waals surface area contributed by atoms with E-state index >= 15 is 4.39 Å². The van der Waals surface area contributed by atoms with Crippen molar-refractivity contribution in [1.29, 1.82) is 0 Å². The Morgan fingerprint density at radius 2 is 1.25 bits per heavy atom. The minimum absolute atomic E-state index is 0.0523. The van der Waals surface area contributed by atoms with Crippen molar-refractivity contribution in [1.82, 2.24) is 0 Å². The molecule has 4 rings (SSSR count). The second kappa shape index (κ2) is 13.2. The Balaban J connectivity index is 1.27. The third-order valence-electron chi connectivity index (χ3n) is 9.17. The lowest BCUT2D eigenvalue weighted by Gasteiger charge is -2.30. The first-order valence-electron chi connectivity index (χ1n) is 14.7. The largest absolute Gasteiger partial charge is 0.207 e. The predicted molar refractivity (Wildman–Crippen MR) is 144 cm³/mol. The molecule has 0 spiro atoms. The molecule has 0 radical (unpaired) electrons. The molecule has 2 saturated carbocycles. The highest BCUT2D eigenvalue weighted by molar-refractivity contribution is 5.30. The van der Waals surface area contributed by atoms with Crippen LogP contribution in [0.4, 0.5) is 13.2 Å². The van der Waals surface area contributed by atoms with Crippen molar-refractivity contribution in [3.63, 3.8) is 0 Å². The Morgan fingerprint density at radius 1 is 0.639 bits per heavy atom. The summed E-state index contributed by atoms with van der Waals surface area (Å²) in [5.74, 6) is 0.429. The lowest BCUT2D eigenvalue weighted by Crippen LogP contribution is -2.16. The smallest absolute Gasteiger partial charge is 0.162 e. The average molecular weight is 499 g/mol. The highest BCUT2D eigenvalue weighted by atomic mass is 19.2. The molecule has 0 nitrogen and oxygen atoms in total. The normalized spacial score (nSPS) is 24.7. The molecule has 0 saturated heterocycles. The van der Waals surface area contributed by atoms with Crippen LogP contribution in [0.5, 0.6) is 0 Å². The van der Waals surface area contributed by atoms with Crippen LogP contribution in [0.25, 0.3) is 0 Å². The van der Waals surface area contributed by atoms with Crippen LogP contribution < -0.4 is 0 Å². The number of hydrogen-bond acceptors (Lipinski definition) is 0. The molecule has 198 valence electrons. The predicted octanol–water partition coefficient (Wildman–Crippen LogP) is 10.4. The highest BCUT2D eigenvalue weighted by Crippen LogP contribution is 2.41. The van der Waals surface area contributed by atoms with Gasteiger partial charge < -0.3 is 0 Å². The van der Waals surface area contributed by atoms with Gasteiger partial charge in [0, 0.05) is 0 Å². The zero-order valence-electron chi connectivity index (χ0n) is 22.4. The van der Waals surface area contributed by atoms with E-state index in [9.17, 15) is 8.78 Å². The fraction of sp³-hybridized carbons (Fsp3) is 0.636. The maximum absolute atomic E-state index is 15.0. The van der Waals surface area contributed by atoms with Crippen LogP contribution in [-0.2, 0) is 12.8 Å². The van der Waals surface area contributed by atoms with Gasteiger partial charge in [0.1, 0.15) is 5.82 Å². The van der Waals surface area contributed by atoms with Crippen LogP contribution in [0, 0.1) is 29.3 Å². The van der Waals surface area contributed by atoms with Crippen LogP contribution in [0.15, 0.2) is 30.3 Å². The number of halogens is 3. The third kappa shape index (κ3) is 6.75. The molecule has 0 amide bonds. The summed E-state index contributed by atoms with van der Waals surface area (Å²) in [7, 11) is 0. The van der Waals surface area contributed by atoms with E-state index in [1.54, 1.807) is 6.07 Å². The van der Waals surface area contributed by atoms with Crippen molar-refractivity contribution in [2.75, 3.05) is 0 Å². The fourth-order valence-corrected chi connectivity index (χ4v) is 6.84. The van der Waals surface area contributed by atoms with Crippen molar-refractivity contribution in [3.8, 4) is 0 Å². The molecule has 2 aliphatic carbocycles. The minimum Gasteiger partial charge on any atom is -0.207 e. The molecule has 0 aromatic heterocycles. The standard InChI is InChI=1S/C33H45F3/c1-3-5-7-25-13-20-29(31(34)22-25)26-14-10-24(11-15-26)12-18-28-19-21-30(33(36)32(28)35)27-16-8-23(6-4-2)9-17-27/h13,19-24,26-27H,3-12,14-18H2,1-2H3. The van der Waals surface area contributed by atoms with Crippen LogP contribution in [0.2, 0.25) is 0 Å². The molecule has 0 unspecified atom stereocenters. The fourth-order valence-electron chi connectivity index (χ4n) is 6.84. The van der Waals surface area contributed by atoms with Gasteiger partial charge in [0.2, 0.25) is 0 Å². The molecule has 0 heterocycles. The first-order chi connectivity index (χ1) is 17.5. The minimum atomic E-state index is -0.623. The first kappa shape index (κ1) is 27.3. The lowest BCUT2D eigenvalue weighted by atomic mass is 9.76. The van der Waals surface area contributed by atoms with Gasteiger partial charge in [-0.2, -0.15) is 0 Å². The number of rotatable bonds is 10. The van der Waals surface area contributed by atoms with Crippen molar-refractivity contribution in [2.45, 2.75) is 122 Å². The monoisotopic (exact) mass is 498 g/mol. The summed E-state index contributed by atoms with van der Waals surface area (Å²) < 4.78 is 44.8. The molecule has 0 bridgehead atoms. The molecule has 2 aromatic carbocycles. The topological polar surface area (TPSA) is 0 Å². The molecule has 2 aliphatic rings. The molecule has 0 aliphatic heterocycles. The SMILES string of the molecule is CCCCc1ccc(C2CCC(CCc3ccc(C4CCC(CCC)CC4)c(F)c3F)CC2)c(F)c1. The number of aryl methyl sites for hydroxylation is 2. The van der Waals surface area contributed by atoms with Crippen molar-refractivity contribution in [3.05, 3.63) is 70.0 Å². The number of unbranched alkanes of at least 4 members (excludes halogenated alkanes) is 1. The zero-order valence-corrected chi connectivity index (χ0v) is 22.4. The van der Waals surface area contributed by atoms with Gasteiger partial charge >= 0.3 is 0 Å². The van der Waals surface area contributed by atoms with Gasteiger partial charge in [-0.25, -0.2) is 13.2 Å². The van der Waals surface area contributed by atoms with Crippen molar-refractivity contribution in [2.24, 2.45) is 11.8 Å². The Morgan fingerprint density at radius 3 is 1.86 bits per heavy atom. The van der Waals surface area contributed by atoms with Crippen molar-refractivity contribution >= 4 is 0 Å². The van der Waals surface area contributed by atoms with Crippen LogP contribution in [0.3, 0.4) is 0 Å². The highest BCUT2D eigenvalue weighted by Gasteiger charge is 2.27. The van der Waals surface area contributed by atoms with E-state index in [1.807, 2.05) is 18.2 Å². The summed E-state index contributed by atoms with van der Waals surface area (Å²) in [6.07, 6.45) is 15.3. The molecule has 3 heteroatoms. The van der Waals surface area contributed by atoms with Crippen LogP contribution >= 0.6 is 0 Å². The average Bonchev–Trinajstić information content (AvgIpc) is 2.90. The summed E-state index contributed by atoms with van der Waals surface area (Å²) in [5, 5.41) is 0. The van der Waals surface area contributed by atoms with E-state index in [2.05, 4.69) is 19.9 Å². The van der Waals surface area contributed by atoms with Crippen molar-refractivity contribution < 1.29 is 13.2 Å². The van der Waals surface area contributed by atoms with E-state index in [4.69, 9.17) is 0 Å². The summed E-state index contributed by atoms with van der Waals surface area (Å²) in [6.45, 7) is 4.38. The van der Waals surface area contributed by atoms with Gasteiger partial charge in [0.15, 0.2) is 11.6 Å². The maximum Gasteiger partial charge on any atom is 0.162 e. The molecule has 2 aromatic rings. The van der Waals surface area contributed by atoms with E-state index in [1.165, 1.54) is 12.8 Å². The van der Waals surface area contributed by atoms with E-state index in [0.29, 0.717) is 23.5 Å². The third-order valence-corrected chi connectivity index (χ3v) is 9.17. The van der Waals surface area contributed by atoms with Gasteiger partial charge in [-0.15, -0.1) is 0 Å². The maximum atomic E-state index is 15.0. The summed E-state index contributed by atoms with van der Waals surface area (Å²) >= 11 is 0. The Kier molecular flexibility index (Phi) is 9.96. The Labute approximate surface area is 217 Å². The van der Waals surface area contributed by atoms with E-state index < -0.39 is 11.6 Å². The molecule has 36 heavy (non-hydrogen) atoms. The van der Waals surface area contributed by atoms with Gasteiger partial charge in [-0.1, -0.05) is 57.4 Å². The van der Waals surface area contributed by atoms with Crippen LogP contribution in [-0.4, -0.2) is 0 Å². The molecule has 0 N–H and O–H groups in total. The van der Waals surface area contributed by atoms with Crippen LogP contribution in [0.1, 0.15) is 131 Å². The van der Waals surface area contributed by atoms with Gasteiger partial charge in [-0.05, 0) is 129 Å². The number of hydrogen-bond donors (Lipinski definition) is 0. The quantitative estimate of drug-likeness (QED) is 0.306. The molecular formula is C33H45F3. The Bertz CT molecular complexity index is 965. The summed E-state index contributed by atoms with van der Waals surface area (Å²) in [5.41, 5.74) is 3.07. The Hall–Kier alpha value is -1.77. The van der Waals surface area contributed by atoms with Gasteiger partial charge in [-0.3, -0.25) is 0 Å². The van der Waals surface area contributed by atoms with E-state index in [0.717, 1.165) is 94.1 Å². The number of benzene rings is 2. The van der Waals surface area contributed by atoms with E-state index in [-0.39, 0.29) is 17.7 Å². The second-order valence-corrected chi connectivity index (χ2v) is 11.7. The summed E-state index contributed by atoms with van der Waals surface area (Å²) in [6, 6.07) is 9.53. The second-order valence-electron chi connectivity index (χ2n) is 11.7.